The minimum atomic E-state index is -0.684. The number of nitrogens with one attached hydrogen (secondary N) is 1. The van der Waals surface area contributed by atoms with Crippen molar-refractivity contribution in [1.29, 1.82) is 0 Å². The second-order valence-electron chi connectivity index (χ2n) is 4.89. The Morgan fingerprint density at radius 1 is 1.29 bits per heavy atom. The second kappa shape index (κ2) is 5.52. The summed E-state index contributed by atoms with van der Waals surface area (Å²) in [6.07, 6.45) is 2.64. The average molecular weight is 240 g/mol. The van der Waals surface area contributed by atoms with Gasteiger partial charge in [0, 0.05) is 19.0 Å². The molecule has 0 bridgehead atoms. The molecule has 0 radical (unpaired) electrons. The monoisotopic (exact) mass is 240 g/mol. The van der Waals surface area contributed by atoms with Crippen LogP contribution in [0.15, 0.2) is 0 Å². The van der Waals surface area contributed by atoms with Gasteiger partial charge in [-0.05, 0) is 26.2 Å². The molecule has 4 heteroatoms. The van der Waals surface area contributed by atoms with Gasteiger partial charge in [0.25, 0.3) is 0 Å². The molecule has 2 amide bonds. The Labute approximate surface area is 104 Å². The maximum Gasteiger partial charge on any atom is 0.248 e. The third-order valence-electron chi connectivity index (χ3n) is 3.73. The highest BCUT2D eigenvalue weighted by Crippen LogP contribution is 2.24. The van der Waals surface area contributed by atoms with Gasteiger partial charge in [0.05, 0.1) is 0 Å². The van der Waals surface area contributed by atoms with Crippen molar-refractivity contribution in [3.8, 4) is 0 Å². The van der Waals surface area contributed by atoms with Crippen molar-refractivity contribution < 1.29 is 9.59 Å². The van der Waals surface area contributed by atoms with E-state index in [2.05, 4.69) is 12.2 Å². The van der Waals surface area contributed by atoms with Crippen LogP contribution in [0.3, 0.4) is 0 Å². The van der Waals surface area contributed by atoms with Gasteiger partial charge in [-0.1, -0.05) is 20.8 Å². The Hall–Kier alpha value is -1.06. The highest BCUT2D eigenvalue weighted by atomic mass is 16.2. The molecule has 4 nitrogen and oxygen atoms in total. The fourth-order valence-corrected chi connectivity index (χ4v) is 2.52. The zero-order valence-electron chi connectivity index (χ0n) is 11.4. The summed E-state index contributed by atoms with van der Waals surface area (Å²) in [6, 6.07) is 0.00225. The molecule has 0 aromatic heterocycles. The van der Waals surface area contributed by atoms with E-state index in [9.17, 15) is 9.59 Å². The van der Waals surface area contributed by atoms with Crippen LogP contribution in [0.25, 0.3) is 0 Å². The van der Waals surface area contributed by atoms with Crippen LogP contribution in [0, 0.1) is 0 Å². The second-order valence-corrected chi connectivity index (χ2v) is 4.89. The molecule has 17 heavy (non-hydrogen) atoms. The van der Waals surface area contributed by atoms with Crippen molar-refractivity contribution in [2.45, 2.75) is 65.0 Å². The predicted molar refractivity (Wildman–Crippen MR) is 67.5 cm³/mol. The van der Waals surface area contributed by atoms with Crippen molar-refractivity contribution in [1.82, 2.24) is 10.2 Å². The van der Waals surface area contributed by atoms with Crippen LogP contribution >= 0.6 is 0 Å². The van der Waals surface area contributed by atoms with E-state index in [-0.39, 0.29) is 17.9 Å². The summed E-state index contributed by atoms with van der Waals surface area (Å²) in [4.78, 5) is 26.3. The van der Waals surface area contributed by atoms with Gasteiger partial charge in [-0.25, -0.2) is 0 Å². The number of rotatable bonds is 4. The molecule has 0 spiro atoms. The highest BCUT2D eigenvalue weighted by Gasteiger charge is 2.43. The van der Waals surface area contributed by atoms with Crippen LogP contribution in [0.5, 0.6) is 0 Å². The Bertz CT molecular complexity index is 298. The number of nitrogens with zero attached hydrogens (tertiary/aromatic N) is 1. The number of carbonyl (C=O) groups excluding carboxylic acids is 2. The van der Waals surface area contributed by atoms with E-state index in [4.69, 9.17) is 0 Å². The largest absolute Gasteiger partial charge is 0.342 e. The molecule has 1 saturated heterocycles. The zero-order chi connectivity index (χ0) is 13.1. The fraction of sp³-hybridized carbons (Fsp3) is 0.846. The molecule has 1 aliphatic heterocycles. The van der Waals surface area contributed by atoms with Crippen molar-refractivity contribution >= 4 is 11.8 Å². The summed E-state index contributed by atoms with van der Waals surface area (Å²) < 4.78 is 0. The van der Waals surface area contributed by atoms with Gasteiger partial charge in [0.2, 0.25) is 11.8 Å². The normalized spacial score (nSPS) is 24.5. The van der Waals surface area contributed by atoms with E-state index >= 15 is 0 Å². The van der Waals surface area contributed by atoms with Crippen LogP contribution in [0.2, 0.25) is 0 Å². The molecular weight excluding hydrogens is 216 g/mol. The first-order chi connectivity index (χ1) is 8.00. The van der Waals surface area contributed by atoms with Crippen LogP contribution < -0.4 is 5.32 Å². The average Bonchev–Trinajstić information content (AvgIpc) is 2.39. The molecule has 0 saturated carbocycles. The zero-order valence-corrected chi connectivity index (χ0v) is 11.4. The number of amides is 2. The predicted octanol–water partition coefficient (Wildman–Crippen LogP) is 1.69. The van der Waals surface area contributed by atoms with E-state index in [1.165, 1.54) is 0 Å². The molecule has 0 aromatic rings. The molecule has 1 rings (SSSR count). The van der Waals surface area contributed by atoms with E-state index in [0.717, 1.165) is 13.0 Å². The Morgan fingerprint density at radius 2 is 1.88 bits per heavy atom. The number of hydrogen-bond acceptors (Lipinski definition) is 2. The summed E-state index contributed by atoms with van der Waals surface area (Å²) in [5.41, 5.74) is -0.684. The van der Waals surface area contributed by atoms with Crippen molar-refractivity contribution in [2.24, 2.45) is 0 Å². The van der Waals surface area contributed by atoms with Gasteiger partial charge < -0.3 is 10.2 Å². The molecule has 98 valence electrons. The van der Waals surface area contributed by atoms with Crippen LogP contribution in [-0.2, 0) is 9.59 Å². The van der Waals surface area contributed by atoms with Crippen molar-refractivity contribution in [2.75, 3.05) is 6.54 Å². The minimum Gasteiger partial charge on any atom is -0.342 e. The molecule has 1 unspecified atom stereocenters. The first kappa shape index (κ1) is 14.0. The lowest BCUT2D eigenvalue weighted by Gasteiger charge is -2.35. The van der Waals surface area contributed by atoms with Gasteiger partial charge in [-0.2, -0.15) is 0 Å². The minimum absolute atomic E-state index is 0.00225. The summed E-state index contributed by atoms with van der Waals surface area (Å²) in [5, 5.41) is 2.93. The Balaban J connectivity index is 3.07. The lowest BCUT2D eigenvalue weighted by Crippen LogP contribution is -2.57. The summed E-state index contributed by atoms with van der Waals surface area (Å²) >= 11 is 0. The standard InChI is InChI=1S/C13H24N2O2/c1-5-8-15-10(4)9-11(16)14-13(6-2,7-3)12(15)17/h10H,5-9H2,1-4H3,(H,14,16). The van der Waals surface area contributed by atoms with Crippen molar-refractivity contribution in [3.63, 3.8) is 0 Å². The fourth-order valence-electron chi connectivity index (χ4n) is 2.52. The first-order valence-corrected chi connectivity index (χ1v) is 6.62. The lowest BCUT2D eigenvalue weighted by atomic mass is 9.91. The van der Waals surface area contributed by atoms with Crippen LogP contribution in [0.4, 0.5) is 0 Å². The van der Waals surface area contributed by atoms with E-state index < -0.39 is 5.54 Å². The van der Waals surface area contributed by atoms with Gasteiger partial charge in [0.1, 0.15) is 5.54 Å². The Morgan fingerprint density at radius 3 is 2.35 bits per heavy atom. The molecule has 1 aliphatic rings. The van der Waals surface area contributed by atoms with Crippen LogP contribution in [0.1, 0.15) is 53.4 Å². The number of hydrogen-bond donors (Lipinski definition) is 1. The molecular formula is C13H24N2O2. The third-order valence-corrected chi connectivity index (χ3v) is 3.73. The summed E-state index contributed by atoms with van der Waals surface area (Å²) in [7, 11) is 0. The Kier molecular flexibility index (Phi) is 4.54. The molecule has 0 aromatic carbocycles. The van der Waals surface area contributed by atoms with E-state index in [1.807, 2.05) is 25.7 Å². The molecule has 1 N–H and O–H groups in total. The van der Waals surface area contributed by atoms with Crippen molar-refractivity contribution in [3.05, 3.63) is 0 Å². The summed E-state index contributed by atoms with van der Waals surface area (Å²) in [6.45, 7) is 8.66. The lowest BCUT2D eigenvalue weighted by molar-refractivity contribution is -0.140. The quantitative estimate of drug-likeness (QED) is 0.813. The van der Waals surface area contributed by atoms with Gasteiger partial charge in [0.15, 0.2) is 0 Å². The maximum absolute atomic E-state index is 12.6. The highest BCUT2D eigenvalue weighted by molar-refractivity contribution is 5.93. The van der Waals surface area contributed by atoms with E-state index in [1.54, 1.807) is 0 Å². The summed E-state index contributed by atoms with van der Waals surface area (Å²) in [5.74, 6) is 0.0795. The molecule has 1 atom stereocenters. The maximum atomic E-state index is 12.6. The first-order valence-electron chi connectivity index (χ1n) is 6.62. The van der Waals surface area contributed by atoms with Gasteiger partial charge in [-0.15, -0.1) is 0 Å². The smallest absolute Gasteiger partial charge is 0.248 e. The third kappa shape index (κ3) is 2.61. The SMILES string of the molecule is CCCN1C(=O)C(CC)(CC)NC(=O)CC1C. The topological polar surface area (TPSA) is 49.4 Å². The molecule has 0 aliphatic carbocycles. The number of carbonyl (C=O) groups is 2. The van der Waals surface area contributed by atoms with Crippen LogP contribution in [-0.4, -0.2) is 34.8 Å². The molecule has 1 heterocycles. The molecule has 1 fully saturated rings. The van der Waals surface area contributed by atoms with E-state index in [0.29, 0.717) is 19.3 Å². The van der Waals surface area contributed by atoms with Gasteiger partial charge >= 0.3 is 0 Å². The van der Waals surface area contributed by atoms with Gasteiger partial charge in [-0.3, -0.25) is 9.59 Å².